The van der Waals surface area contributed by atoms with E-state index in [4.69, 9.17) is 25.8 Å². The molecule has 0 bridgehead atoms. The van der Waals surface area contributed by atoms with Crippen LogP contribution in [0.5, 0.6) is 11.5 Å². The second-order valence-electron chi connectivity index (χ2n) is 4.22. The molecule has 1 saturated heterocycles. The van der Waals surface area contributed by atoms with Gasteiger partial charge in [-0.25, -0.2) is 0 Å². The molecule has 5 heteroatoms. The van der Waals surface area contributed by atoms with Crippen LogP contribution in [0, 0.1) is 6.92 Å². The number of aryl methyl sites for hydroxylation is 1. The van der Waals surface area contributed by atoms with Crippen LogP contribution < -0.4 is 14.8 Å². The van der Waals surface area contributed by atoms with Gasteiger partial charge >= 0.3 is 0 Å². The van der Waals surface area contributed by atoms with Gasteiger partial charge in [-0.05, 0) is 18.6 Å². The number of hydrogen-bond donors (Lipinski definition) is 1. The van der Waals surface area contributed by atoms with Gasteiger partial charge in [-0.2, -0.15) is 0 Å². The lowest BCUT2D eigenvalue weighted by atomic mass is 10.0. The highest BCUT2D eigenvalue weighted by Gasteiger charge is 2.25. The quantitative estimate of drug-likeness (QED) is 0.916. The molecule has 18 heavy (non-hydrogen) atoms. The Morgan fingerprint density at radius 3 is 2.61 bits per heavy atom. The molecule has 1 heterocycles. The Bertz CT molecular complexity index is 431. The smallest absolute Gasteiger partial charge is 0.179 e. The minimum absolute atomic E-state index is 0.0279. The second-order valence-corrected chi connectivity index (χ2v) is 4.63. The first-order chi connectivity index (χ1) is 8.69. The minimum atomic E-state index is -0.0279. The average Bonchev–Trinajstić information content (AvgIpc) is 2.38. The van der Waals surface area contributed by atoms with Crippen molar-refractivity contribution in [2.75, 3.05) is 33.9 Å². The average molecular weight is 272 g/mol. The van der Waals surface area contributed by atoms with Crippen LogP contribution in [-0.2, 0) is 4.74 Å². The van der Waals surface area contributed by atoms with E-state index in [0.717, 1.165) is 24.2 Å². The van der Waals surface area contributed by atoms with Gasteiger partial charge in [0, 0.05) is 18.7 Å². The van der Waals surface area contributed by atoms with Crippen molar-refractivity contribution in [2.24, 2.45) is 0 Å². The fourth-order valence-corrected chi connectivity index (χ4v) is 2.61. The van der Waals surface area contributed by atoms with E-state index in [-0.39, 0.29) is 6.10 Å². The lowest BCUT2D eigenvalue weighted by molar-refractivity contribution is 0.0257. The summed E-state index contributed by atoms with van der Waals surface area (Å²) in [7, 11) is 3.20. The predicted molar refractivity (Wildman–Crippen MR) is 70.9 cm³/mol. The molecule has 4 nitrogen and oxygen atoms in total. The van der Waals surface area contributed by atoms with Crippen LogP contribution in [-0.4, -0.2) is 33.9 Å². The Hall–Kier alpha value is -0.970. The van der Waals surface area contributed by atoms with E-state index < -0.39 is 0 Å². The first kappa shape index (κ1) is 13.5. The van der Waals surface area contributed by atoms with Crippen molar-refractivity contribution >= 4 is 11.6 Å². The standard InChI is InChI=1S/C13H18ClNO3/c1-8-6-9(14)12(16-2)13(17-3)11(8)10-7-15-4-5-18-10/h6,10,15H,4-5,7H2,1-3H3. The molecule has 0 saturated carbocycles. The summed E-state index contributed by atoms with van der Waals surface area (Å²) in [5.41, 5.74) is 2.05. The molecule has 0 amide bonds. The highest BCUT2D eigenvalue weighted by atomic mass is 35.5. The summed E-state index contributed by atoms with van der Waals surface area (Å²) in [4.78, 5) is 0. The van der Waals surface area contributed by atoms with Crippen molar-refractivity contribution in [3.05, 3.63) is 22.2 Å². The molecule has 1 unspecified atom stereocenters. The molecule has 1 fully saturated rings. The van der Waals surface area contributed by atoms with Crippen molar-refractivity contribution in [1.29, 1.82) is 0 Å². The van der Waals surface area contributed by atoms with Gasteiger partial charge in [-0.3, -0.25) is 0 Å². The number of benzene rings is 1. The second kappa shape index (κ2) is 5.78. The maximum absolute atomic E-state index is 6.16. The summed E-state index contributed by atoms with van der Waals surface area (Å²) in [6, 6.07) is 1.89. The van der Waals surface area contributed by atoms with E-state index in [1.807, 2.05) is 13.0 Å². The van der Waals surface area contributed by atoms with Crippen LogP contribution in [0.2, 0.25) is 5.02 Å². The number of ether oxygens (including phenoxy) is 3. The highest BCUT2D eigenvalue weighted by Crippen LogP contribution is 2.43. The predicted octanol–water partition coefficient (Wildman–Crippen LogP) is 2.33. The normalized spacial score (nSPS) is 19.7. The summed E-state index contributed by atoms with van der Waals surface area (Å²) >= 11 is 6.16. The van der Waals surface area contributed by atoms with Crippen LogP contribution in [0.3, 0.4) is 0 Å². The molecule has 1 atom stereocenters. The van der Waals surface area contributed by atoms with Crippen molar-refractivity contribution in [1.82, 2.24) is 5.32 Å². The van der Waals surface area contributed by atoms with Crippen LogP contribution in [0.4, 0.5) is 0 Å². The molecule has 0 spiro atoms. The van der Waals surface area contributed by atoms with E-state index in [2.05, 4.69) is 5.32 Å². The topological polar surface area (TPSA) is 39.7 Å². The van der Waals surface area contributed by atoms with E-state index in [9.17, 15) is 0 Å². The molecular weight excluding hydrogens is 254 g/mol. The van der Waals surface area contributed by atoms with Gasteiger partial charge in [0.25, 0.3) is 0 Å². The first-order valence-corrected chi connectivity index (χ1v) is 6.30. The number of nitrogens with one attached hydrogen (secondary N) is 1. The summed E-state index contributed by atoms with van der Waals surface area (Å²) in [5.74, 6) is 1.23. The van der Waals surface area contributed by atoms with Gasteiger partial charge in [0.05, 0.1) is 32.0 Å². The maximum Gasteiger partial charge on any atom is 0.179 e. The number of hydrogen-bond acceptors (Lipinski definition) is 4. The third kappa shape index (κ3) is 2.41. The van der Waals surface area contributed by atoms with E-state index in [0.29, 0.717) is 23.1 Å². The minimum Gasteiger partial charge on any atom is -0.492 e. The molecule has 1 aromatic carbocycles. The third-order valence-electron chi connectivity index (χ3n) is 3.09. The molecule has 0 aliphatic carbocycles. The number of rotatable bonds is 3. The van der Waals surface area contributed by atoms with E-state index in [1.165, 1.54) is 0 Å². The van der Waals surface area contributed by atoms with Gasteiger partial charge < -0.3 is 19.5 Å². The van der Waals surface area contributed by atoms with Gasteiger partial charge in [0.1, 0.15) is 0 Å². The molecule has 1 aliphatic rings. The molecule has 1 aliphatic heterocycles. The van der Waals surface area contributed by atoms with Gasteiger partial charge in [0.15, 0.2) is 11.5 Å². The lowest BCUT2D eigenvalue weighted by Gasteiger charge is -2.27. The van der Waals surface area contributed by atoms with E-state index in [1.54, 1.807) is 14.2 Å². The van der Waals surface area contributed by atoms with Crippen molar-refractivity contribution in [3.8, 4) is 11.5 Å². The Morgan fingerprint density at radius 2 is 2.06 bits per heavy atom. The Kier molecular flexibility index (Phi) is 4.32. The lowest BCUT2D eigenvalue weighted by Crippen LogP contribution is -2.33. The molecule has 1 N–H and O–H groups in total. The van der Waals surface area contributed by atoms with Crippen molar-refractivity contribution in [2.45, 2.75) is 13.0 Å². The molecule has 0 radical (unpaired) electrons. The van der Waals surface area contributed by atoms with Crippen molar-refractivity contribution in [3.63, 3.8) is 0 Å². The molecule has 0 aromatic heterocycles. The monoisotopic (exact) mass is 271 g/mol. The van der Waals surface area contributed by atoms with Crippen LogP contribution in [0.15, 0.2) is 6.07 Å². The summed E-state index contributed by atoms with van der Waals surface area (Å²) in [5, 5.41) is 3.86. The van der Waals surface area contributed by atoms with Gasteiger partial charge in [-0.1, -0.05) is 11.6 Å². The molecular formula is C13H18ClNO3. The van der Waals surface area contributed by atoms with Crippen molar-refractivity contribution < 1.29 is 14.2 Å². The number of morpholine rings is 1. The Balaban J connectivity index is 2.49. The number of halogens is 1. The zero-order chi connectivity index (χ0) is 13.1. The molecule has 2 rings (SSSR count). The fourth-order valence-electron chi connectivity index (χ4n) is 2.29. The first-order valence-electron chi connectivity index (χ1n) is 5.92. The van der Waals surface area contributed by atoms with Crippen LogP contribution in [0.1, 0.15) is 17.2 Å². The highest BCUT2D eigenvalue weighted by molar-refractivity contribution is 6.32. The largest absolute Gasteiger partial charge is 0.492 e. The van der Waals surface area contributed by atoms with Crippen LogP contribution >= 0.6 is 11.6 Å². The van der Waals surface area contributed by atoms with Gasteiger partial charge in [0.2, 0.25) is 0 Å². The summed E-state index contributed by atoms with van der Waals surface area (Å²) in [6.45, 7) is 4.34. The third-order valence-corrected chi connectivity index (χ3v) is 3.37. The SMILES string of the molecule is COc1c(Cl)cc(C)c(C2CNCCO2)c1OC. The van der Waals surface area contributed by atoms with E-state index >= 15 is 0 Å². The summed E-state index contributed by atoms with van der Waals surface area (Å²) in [6.07, 6.45) is -0.0279. The van der Waals surface area contributed by atoms with Gasteiger partial charge in [-0.15, -0.1) is 0 Å². The Labute approximate surface area is 112 Å². The zero-order valence-electron chi connectivity index (χ0n) is 10.9. The molecule has 1 aromatic rings. The fraction of sp³-hybridized carbons (Fsp3) is 0.538. The van der Waals surface area contributed by atoms with Crippen LogP contribution in [0.25, 0.3) is 0 Å². The Morgan fingerprint density at radius 1 is 1.33 bits per heavy atom. The zero-order valence-corrected chi connectivity index (χ0v) is 11.6. The molecule has 100 valence electrons. The number of methoxy groups -OCH3 is 2. The summed E-state index contributed by atoms with van der Waals surface area (Å²) < 4.78 is 16.6. The maximum atomic E-state index is 6.16.